The topological polar surface area (TPSA) is 27.7 Å². The van der Waals surface area contributed by atoms with Crippen LogP contribution in [0, 0.1) is 0 Å². The highest BCUT2D eigenvalue weighted by atomic mass is 28.5. The standard InChI is InChI=1S/C10H28O3Si3/c1-9-11-15(5,6)13-16(7,8)12-14(3,4)10-2/h9-10H2,1-8H3. The Morgan fingerprint density at radius 3 is 1.62 bits per heavy atom. The molecule has 0 saturated carbocycles. The Balaban J connectivity index is 4.45. The van der Waals surface area contributed by atoms with Crippen molar-refractivity contribution in [2.45, 2.75) is 59.2 Å². The van der Waals surface area contributed by atoms with E-state index >= 15 is 0 Å². The van der Waals surface area contributed by atoms with Gasteiger partial charge in [0.05, 0.1) is 0 Å². The molecule has 0 aromatic heterocycles. The molecule has 0 amide bonds. The Kier molecular flexibility index (Phi) is 6.12. The van der Waals surface area contributed by atoms with Crippen LogP contribution in [-0.2, 0) is 12.7 Å². The lowest BCUT2D eigenvalue weighted by molar-refractivity contribution is 0.242. The number of hydrogen-bond donors (Lipinski definition) is 0. The zero-order valence-corrected chi connectivity index (χ0v) is 15.1. The zero-order valence-electron chi connectivity index (χ0n) is 12.1. The van der Waals surface area contributed by atoms with E-state index in [1.54, 1.807) is 0 Å². The molecule has 0 saturated heterocycles. The largest absolute Gasteiger partial charge is 0.436 e. The van der Waals surface area contributed by atoms with E-state index in [0.29, 0.717) is 0 Å². The predicted molar refractivity (Wildman–Crippen MR) is 76.7 cm³/mol. The maximum absolute atomic E-state index is 6.27. The Bertz CT molecular complexity index is 217. The Labute approximate surface area is 104 Å². The van der Waals surface area contributed by atoms with Gasteiger partial charge in [0.15, 0.2) is 8.32 Å². The molecule has 0 spiro atoms. The van der Waals surface area contributed by atoms with E-state index in [-0.39, 0.29) is 0 Å². The van der Waals surface area contributed by atoms with E-state index in [1.807, 2.05) is 6.92 Å². The highest BCUT2D eigenvalue weighted by Crippen LogP contribution is 2.22. The van der Waals surface area contributed by atoms with Crippen LogP contribution in [0.25, 0.3) is 0 Å². The first kappa shape index (κ1) is 16.5. The minimum absolute atomic E-state index is 0.721. The van der Waals surface area contributed by atoms with Crippen molar-refractivity contribution in [1.29, 1.82) is 0 Å². The summed E-state index contributed by atoms with van der Waals surface area (Å²) in [4.78, 5) is 0. The average molecular weight is 281 g/mol. The molecule has 0 radical (unpaired) electrons. The van der Waals surface area contributed by atoms with Gasteiger partial charge in [0, 0.05) is 6.61 Å². The maximum Gasteiger partial charge on any atom is 0.322 e. The van der Waals surface area contributed by atoms with E-state index in [1.165, 1.54) is 0 Å². The first-order chi connectivity index (χ1) is 7.04. The van der Waals surface area contributed by atoms with Crippen molar-refractivity contribution < 1.29 is 12.7 Å². The van der Waals surface area contributed by atoms with Gasteiger partial charge in [-0.15, -0.1) is 0 Å². The molecule has 0 bridgehead atoms. The molecule has 0 atom stereocenters. The Morgan fingerprint density at radius 2 is 1.25 bits per heavy atom. The summed E-state index contributed by atoms with van der Waals surface area (Å²) >= 11 is 0. The van der Waals surface area contributed by atoms with Crippen molar-refractivity contribution in [3.8, 4) is 0 Å². The second kappa shape index (κ2) is 5.92. The second-order valence-electron chi connectivity index (χ2n) is 5.55. The molecule has 0 fully saturated rings. The molecule has 6 heteroatoms. The molecule has 3 nitrogen and oxygen atoms in total. The molecule has 0 rings (SSSR count). The summed E-state index contributed by atoms with van der Waals surface area (Å²) in [6, 6.07) is 1.13. The molecule has 0 aliphatic heterocycles. The smallest absolute Gasteiger partial charge is 0.322 e. The third-order valence-corrected chi connectivity index (χ3v) is 13.2. The van der Waals surface area contributed by atoms with Crippen molar-refractivity contribution in [2.24, 2.45) is 0 Å². The van der Waals surface area contributed by atoms with Gasteiger partial charge in [0.1, 0.15) is 0 Å². The van der Waals surface area contributed by atoms with Crippen LogP contribution in [-0.4, -0.2) is 32.0 Å². The van der Waals surface area contributed by atoms with Gasteiger partial charge in [-0.1, -0.05) is 6.92 Å². The fraction of sp³-hybridized carbons (Fsp3) is 1.00. The second-order valence-corrected chi connectivity index (χ2v) is 17.3. The SMILES string of the molecule is CCO[Si](C)(C)O[Si](C)(C)O[Si](C)(C)CC. The van der Waals surface area contributed by atoms with Gasteiger partial charge in [-0.2, -0.15) is 0 Å². The lowest BCUT2D eigenvalue weighted by Gasteiger charge is -2.37. The summed E-state index contributed by atoms with van der Waals surface area (Å²) < 4.78 is 18.1. The summed E-state index contributed by atoms with van der Waals surface area (Å²) in [7, 11) is -5.56. The Morgan fingerprint density at radius 1 is 0.750 bits per heavy atom. The van der Waals surface area contributed by atoms with E-state index in [4.69, 9.17) is 12.7 Å². The van der Waals surface area contributed by atoms with Crippen molar-refractivity contribution in [3.05, 3.63) is 0 Å². The fourth-order valence-corrected chi connectivity index (χ4v) is 13.8. The van der Waals surface area contributed by atoms with Crippen molar-refractivity contribution in [3.63, 3.8) is 0 Å². The fourth-order valence-electron chi connectivity index (χ4n) is 1.73. The normalized spacial score (nSPS) is 14.2. The predicted octanol–water partition coefficient (Wildman–Crippen LogP) is 3.68. The highest BCUT2D eigenvalue weighted by molar-refractivity contribution is 6.86. The quantitative estimate of drug-likeness (QED) is 0.666. The molecule has 0 aliphatic carbocycles. The van der Waals surface area contributed by atoms with Crippen LogP contribution in [0.4, 0.5) is 0 Å². The monoisotopic (exact) mass is 280 g/mol. The van der Waals surface area contributed by atoms with E-state index in [9.17, 15) is 0 Å². The Hall–Kier alpha value is 0.531. The van der Waals surface area contributed by atoms with Gasteiger partial charge in [-0.25, -0.2) is 0 Å². The van der Waals surface area contributed by atoms with Crippen LogP contribution in [0.1, 0.15) is 13.8 Å². The van der Waals surface area contributed by atoms with Gasteiger partial charge >= 0.3 is 17.1 Å². The molecule has 0 heterocycles. The highest BCUT2D eigenvalue weighted by Gasteiger charge is 2.39. The van der Waals surface area contributed by atoms with Crippen LogP contribution < -0.4 is 0 Å². The lowest BCUT2D eigenvalue weighted by Crippen LogP contribution is -2.53. The molecule has 0 aromatic carbocycles. The van der Waals surface area contributed by atoms with Crippen LogP contribution in [0.3, 0.4) is 0 Å². The summed E-state index contributed by atoms with van der Waals surface area (Å²) in [6.45, 7) is 17.9. The minimum Gasteiger partial charge on any atom is -0.436 e. The molecule has 0 aliphatic rings. The molecule has 0 N–H and O–H groups in total. The molecule has 0 aromatic rings. The molecule has 16 heavy (non-hydrogen) atoms. The summed E-state index contributed by atoms with van der Waals surface area (Å²) in [5.74, 6) is 0. The van der Waals surface area contributed by atoms with Crippen molar-refractivity contribution in [1.82, 2.24) is 0 Å². The van der Waals surface area contributed by atoms with Crippen LogP contribution in [0.15, 0.2) is 0 Å². The summed E-state index contributed by atoms with van der Waals surface area (Å²) in [5.41, 5.74) is 0. The maximum atomic E-state index is 6.27. The number of hydrogen-bond acceptors (Lipinski definition) is 3. The minimum atomic E-state index is -2.03. The van der Waals surface area contributed by atoms with Crippen molar-refractivity contribution >= 4 is 25.4 Å². The lowest BCUT2D eigenvalue weighted by atomic mass is 10.9. The van der Waals surface area contributed by atoms with E-state index in [0.717, 1.165) is 12.7 Å². The average Bonchev–Trinajstić information content (AvgIpc) is 1.99. The summed E-state index contributed by atoms with van der Waals surface area (Å²) in [6.07, 6.45) is 0. The molecule has 0 unspecified atom stereocenters. The van der Waals surface area contributed by atoms with Crippen LogP contribution >= 0.6 is 0 Å². The van der Waals surface area contributed by atoms with Gasteiger partial charge in [0.25, 0.3) is 0 Å². The van der Waals surface area contributed by atoms with Crippen LogP contribution in [0.5, 0.6) is 0 Å². The third-order valence-electron chi connectivity index (χ3n) is 2.36. The third kappa shape index (κ3) is 6.97. The molecule has 98 valence electrons. The zero-order chi connectivity index (χ0) is 13.0. The van der Waals surface area contributed by atoms with Crippen molar-refractivity contribution in [2.75, 3.05) is 6.61 Å². The van der Waals surface area contributed by atoms with Gasteiger partial charge in [0.2, 0.25) is 0 Å². The van der Waals surface area contributed by atoms with Gasteiger partial charge in [-0.05, 0) is 52.2 Å². The summed E-state index contributed by atoms with van der Waals surface area (Å²) in [5, 5.41) is 0. The van der Waals surface area contributed by atoms with E-state index < -0.39 is 25.4 Å². The number of rotatable bonds is 7. The van der Waals surface area contributed by atoms with E-state index in [2.05, 4.69) is 46.2 Å². The molecular weight excluding hydrogens is 252 g/mol. The first-order valence-electron chi connectivity index (χ1n) is 6.08. The van der Waals surface area contributed by atoms with Gasteiger partial charge < -0.3 is 12.7 Å². The first-order valence-corrected chi connectivity index (χ1v) is 14.8. The molecular formula is C10H28O3Si3. The van der Waals surface area contributed by atoms with Gasteiger partial charge in [-0.3, -0.25) is 0 Å². The van der Waals surface area contributed by atoms with Crippen LogP contribution in [0.2, 0.25) is 45.3 Å².